The number of aliphatic hydroxyl groups excluding tert-OH is 1. The normalized spacial score (nSPS) is 11.9. The van der Waals surface area contributed by atoms with Gasteiger partial charge in [-0.15, -0.1) is 0 Å². The molecular formula is C17H15FN4O2. The fraction of sp³-hybridized carbons (Fsp3) is 0.118. The Morgan fingerprint density at radius 2 is 1.88 bits per heavy atom. The average molecular weight is 326 g/mol. The standard InChI is InChI=1S/C17H15FN4O2/c18-13-3-1-2-12(10-13)16(23)11-17(24)21-14-4-6-15(7-5-14)22-19-8-9-20-22/h1-10,16,23H,11H2,(H,21,24). The lowest BCUT2D eigenvalue weighted by atomic mass is 10.1. The Balaban J connectivity index is 1.60. The van der Waals surface area contributed by atoms with Gasteiger partial charge in [0, 0.05) is 5.69 Å². The van der Waals surface area contributed by atoms with Crippen LogP contribution in [0.25, 0.3) is 5.69 Å². The number of anilines is 1. The number of amides is 1. The van der Waals surface area contributed by atoms with Crippen molar-refractivity contribution in [3.63, 3.8) is 0 Å². The summed E-state index contributed by atoms with van der Waals surface area (Å²) in [6.07, 6.45) is 1.92. The Morgan fingerprint density at radius 3 is 2.54 bits per heavy atom. The zero-order valence-corrected chi connectivity index (χ0v) is 12.6. The Bertz CT molecular complexity index is 819. The number of rotatable bonds is 5. The Labute approximate surface area is 137 Å². The van der Waals surface area contributed by atoms with Crippen LogP contribution in [-0.2, 0) is 4.79 Å². The van der Waals surface area contributed by atoms with Gasteiger partial charge in [0.05, 0.1) is 30.6 Å². The summed E-state index contributed by atoms with van der Waals surface area (Å²) in [4.78, 5) is 13.5. The van der Waals surface area contributed by atoms with Gasteiger partial charge in [0.2, 0.25) is 5.91 Å². The average Bonchev–Trinajstić information content (AvgIpc) is 3.10. The third kappa shape index (κ3) is 3.82. The number of nitrogens with zero attached hydrogens (tertiary/aromatic N) is 3. The molecule has 1 heterocycles. The largest absolute Gasteiger partial charge is 0.388 e. The van der Waals surface area contributed by atoms with Crippen molar-refractivity contribution in [2.24, 2.45) is 0 Å². The fourth-order valence-corrected chi connectivity index (χ4v) is 2.25. The van der Waals surface area contributed by atoms with Crippen molar-refractivity contribution in [1.29, 1.82) is 0 Å². The molecule has 3 aromatic rings. The molecular weight excluding hydrogens is 311 g/mol. The number of carbonyl (C=O) groups is 1. The summed E-state index contributed by atoms with van der Waals surface area (Å²) in [5.74, 6) is -0.813. The zero-order valence-electron chi connectivity index (χ0n) is 12.6. The maximum atomic E-state index is 13.1. The third-order valence-electron chi connectivity index (χ3n) is 3.41. The minimum atomic E-state index is -1.06. The van der Waals surface area contributed by atoms with Gasteiger partial charge in [0.1, 0.15) is 5.82 Å². The van der Waals surface area contributed by atoms with E-state index in [2.05, 4.69) is 15.5 Å². The molecule has 0 bridgehead atoms. The van der Waals surface area contributed by atoms with Gasteiger partial charge in [-0.1, -0.05) is 12.1 Å². The first-order valence-corrected chi connectivity index (χ1v) is 7.32. The van der Waals surface area contributed by atoms with Gasteiger partial charge in [-0.05, 0) is 42.0 Å². The molecule has 0 fully saturated rings. The van der Waals surface area contributed by atoms with E-state index in [1.807, 2.05) is 0 Å². The van der Waals surface area contributed by atoms with Crippen LogP contribution in [0, 0.1) is 5.82 Å². The van der Waals surface area contributed by atoms with Gasteiger partial charge in [0.25, 0.3) is 0 Å². The highest BCUT2D eigenvalue weighted by atomic mass is 19.1. The van der Waals surface area contributed by atoms with Gasteiger partial charge in [-0.25, -0.2) is 4.39 Å². The molecule has 0 spiro atoms. The maximum absolute atomic E-state index is 13.1. The van der Waals surface area contributed by atoms with E-state index in [1.54, 1.807) is 42.7 Å². The SMILES string of the molecule is O=C(CC(O)c1cccc(F)c1)Nc1ccc(-n2nccn2)cc1. The highest BCUT2D eigenvalue weighted by molar-refractivity contribution is 5.91. The fourth-order valence-electron chi connectivity index (χ4n) is 2.25. The van der Waals surface area contributed by atoms with E-state index in [4.69, 9.17) is 0 Å². The minimum Gasteiger partial charge on any atom is -0.388 e. The van der Waals surface area contributed by atoms with E-state index in [0.29, 0.717) is 11.3 Å². The first kappa shape index (κ1) is 15.8. The molecule has 0 aliphatic heterocycles. The van der Waals surface area contributed by atoms with E-state index in [1.165, 1.54) is 23.0 Å². The van der Waals surface area contributed by atoms with Crippen LogP contribution in [-0.4, -0.2) is 26.0 Å². The van der Waals surface area contributed by atoms with Gasteiger partial charge >= 0.3 is 0 Å². The van der Waals surface area contributed by atoms with Crippen LogP contribution in [0.15, 0.2) is 60.9 Å². The number of hydrogen-bond acceptors (Lipinski definition) is 4. The molecule has 3 rings (SSSR count). The first-order valence-electron chi connectivity index (χ1n) is 7.32. The Hall–Kier alpha value is -3.06. The Kier molecular flexibility index (Phi) is 4.62. The molecule has 0 aliphatic rings. The molecule has 1 atom stereocenters. The van der Waals surface area contributed by atoms with E-state index in [-0.39, 0.29) is 12.3 Å². The van der Waals surface area contributed by atoms with Crippen LogP contribution in [0.3, 0.4) is 0 Å². The number of carbonyl (C=O) groups excluding carboxylic acids is 1. The van der Waals surface area contributed by atoms with Gasteiger partial charge in [0.15, 0.2) is 0 Å². The molecule has 24 heavy (non-hydrogen) atoms. The van der Waals surface area contributed by atoms with Crippen LogP contribution in [0.5, 0.6) is 0 Å². The number of halogens is 1. The van der Waals surface area contributed by atoms with Crippen LogP contribution in [0.2, 0.25) is 0 Å². The molecule has 122 valence electrons. The number of benzene rings is 2. The van der Waals surface area contributed by atoms with Crippen LogP contribution < -0.4 is 5.32 Å². The van der Waals surface area contributed by atoms with Crippen molar-refractivity contribution < 1.29 is 14.3 Å². The molecule has 0 radical (unpaired) electrons. The molecule has 1 aromatic heterocycles. The molecule has 2 aromatic carbocycles. The smallest absolute Gasteiger partial charge is 0.227 e. The molecule has 1 amide bonds. The molecule has 1 unspecified atom stereocenters. The van der Waals surface area contributed by atoms with Crippen LogP contribution >= 0.6 is 0 Å². The summed E-state index contributed by atoms with van der Waals surface area (Å²) in [6, 6.07) is 12.5. The van der Waals surface area contributed by atoms with Crippen LogP contribution in [0.4, 0.5) is 10.1 Å². The second kappa shape index (κ2) is 7.01. The van der Waals surface area contributed by atoms with Gasteiger partial charge in [-0.3, -0.25) is 4.79 Å². The lowest BCUT2D eigenvalue weighted by Crippen LogP contribution is -2.15. The van der Waals surface area contributed by atoms with Crippen LogP contribution in [0.1, 0.15) is 18.1 Å². The zero-order chi connectivity index (χ0) is 16.9. The van der Waals surface area contributed by atoms with E-state index < -0.39 is 11.9 Å². The molecule has 6 nitrogen and oxygen atoms in total. The summed E-state index contributed by atoms with van der Waals surface area (Å²) in [5.41, 5.74) is 1.71. The molecule has 2 N–H and O–H groups in total. The summed E-state index contributed by atoms with van der Waals surface area (Å²) >= 11 is 0. The number of nitrogens with one attached hydrogen (secondary N) is 1. The quantitative estimate of drug-likeness (QED) is 0.755. The van der Waals surface area contributed by atoms with Crippen molar-refractivity contribution in [1.82, 2.24) is 15.0 Å². The van der Waals surface area contributed by atoms with E-state index in [9.17, 15) is 14.3 Å². The summed E-state index contributed by atoms with van der Waals surface area (Å²) in [7, 11) is 0. The van der Waals surface area contributed by atoms with E-state index in [0.717, 1.165) is 5.69 Å². The number of hydrogen-bond donors (Lipinski definition) is 2. The van der Waals surface area contributed by atoms with Crippen molar-refractivity contribution in [3.05, 3.63) is 72.3 Å². The first-order chi connectivity index (χ1) is 11.6. The summed E-state index contributed by atoms with van der Waals surface area (Å²) in [6.45, 7) is 0. The summed E-state index contributed by atoms with van der Waals surface area (Å²) < 4.78 is 13.1. The molecule has 0 saturated carbocycles. The highest BCUT2D eigenvalue weighted by Gasteiger charge is 2.14. The molecule has 7 heteroatoms. The topological polar surface area (TPSA) is 80.0 Å². The van der Waals surface area contributed by atoms with E-state index >= 15 is 0 Å². The predicted molar refractivity (Wildman–Crippen MR) is 86.0 cm³/mol. The van der Waals surface area contributed by atoms with Crippen molar-refractivity contribution in [2.45, 2.75) is 12.5 Å². The molecule has 0 saturated heterocycles. The lowest BCUT2D eigenvalue weighted by Gasteiger charge is -2.11. The second-order valence-electron chi connectivity index (χ2n) is 5.19. The van der Waals surface area contributed by atoms with Gasteiger partial charge < -0.3 is 10.4 Å². The molecule has 0 aliphatic carbocycles. The Morgan fingerprint density at radius 1 is 1.17 bits per heavy atom. The summed E-state index contributed by atoms with van der Waals surface area (Å²) in [5, 5.41) is 20.7. The van der Waals surface area contributed by atoms with Gasteiger partial charge in [-0.2, -0.15) is 15.0 Å². The van der Waals surface area contributed by atoms with Crippen molar-refractivity contribution >= 4 is 11.6 Å². The maximum Gasteiger partial charge on any atom is 0.227 e. The number of aromatic nitrogens is 3. The predicted octanol–water partition coefficient (Wildman–Crippen LogP) is 2.47. The lowest BCUT2D eigenvalue weighted by molar-refractivity contribution is -0.118. The highest BCUT2D eigenvalue weighted by Crippen LogP contribution is 2.19. The monoisotopic (exact) mass is 326 g/mol. The second-order valence-corrected chi connectivity index (χ2v) is 5.19. The minimum absolute atomic E-state index is 0.161. The number of aliphatic hydroxyl groups is 1. The van der Waals surface area contributed by atoms with Crippen molar-refractivity contribution in [3.8, 4) is 5.69 Å². The third-order valence-corrected chi connectivity index (χ3v) is 3.41. The van der Waals surface area contributed by atoms with Crippen molar-refractivity contribution in [2.75, 3.05) is 5.32 Å².